The maximum Gasteiger partial charge on any atom is 0.255 e. The fourth-order valence-electron chi connectivity index (χ4n) is 6.00. The van der Waals surface area contributed by atoms with Gasteiger partial charge in [-0.2, -0.15) is 0 Å². The number of piperazine rings is 1. The summed E-state index contributed by atoms with van der Waals surface area (Å²) >= 11 is 0. The predicted molar refractivity (Wildman–Crippen MR) is 154 cm³/mol. The summed E-state index contributed by atoms with van der Waals surface area (Å²) in [5.74, 6) is -0.0385. The van der Waals surface area contributed by atoms with E-state index in [4.69, 9.17) is 0 Å². The Kier molecular flexibility index (Phi) is 5.75. The van der Waals surface area contributed by atoms with Gasteiger partial charge < -0.3 is 15.2 Å². The first kappa shape index (κ1) is 23.4. The van der Waals surface area contributed by atoms with Crippen LogP contribution in [0.2, 0.25) is 0 Å². The summed E-state index contributed by atoms with van der Waals surface area (Å²) in [4.78, 5) is 33.8. The SMILES string of the molecule is O=C(Nc1ccc2c(c1)C(N1CCN(C(=O)c3ccc4[nH]ccc4c3)CC1)c1ccccc1-2)c1ccccc1. The number of aromatic amines is 1. The molecule has 1 unspecified atom stereocenters. The molecule has 5 aromatic rings. The molecule has 2 aliphatic rings. The van der Waals surface area contributed by atoms with Crippen LogP contribution in [0, 0.1) is 0 Å². The summed E-state index contributed by atoms with van der Waals surface area (Å²) in [6.45, 7) is 2.89. The van der Waals surface area contributed by atoms with Crippen molar-refractivity contribution in [3.05, 3.63) is 126 Å². The highest BCUT2D eigenvalue weighted by molar-refractivity contribution is 6.04. The minimum atomic E-state index is -0.118. The average Bonchev–Trinajstić information content (AvgIpc) is 3.59. The van der Waals surface area contributed by atoms with Gasteiger partial charge in [0, 0.05) is 60.1 Å². The maximum absolute atomic E-state index is 13.3. The second kappa shape index (κ2) is 9.57. The summed E-state index contributed by atoms with van der Waals surface area (Å²) in [5, 5.41) is 4.13. The first-order chi connectivity index (χ1) is 19.2. The Morgan fingerprint density at radius 2 is 1.49 bits per heavy atom. The molecular weight excluding hydrogens is 484 g/mol. The van der Waals surface area contributed by atoms with Gasteiger partial charge in [0.05, 0.1) is 6.04 Å². The van der Waals surface area contributed by atoms with E-state index in [2.05, 4.69) is 51.6 Å². The Morgan fingerprint density at radius 1 is 0.718 bits per heavy atom. The zero-order valence-electron chi connectivity index (χ0n) is 21.4. The number of carbonyl (C=O) groups excluding carboxylic acids is 2. The third-order valence-corrected chi connectivity index (χ3v) is 7.95. The summed E-state index contributed by atoms with van der Waals surface area (Å²) in [6.07, 6.45) is 1.90. The number of rotatable bonds is 4. The van der Waals surface area contributed by atoms with Gasteiger partial charge >= 0.3 is 0 Å². The number of hydrogen-bond acceptors (Lipinski definition) is 3. The third kappa shape index (κ3) is 4.19. The van der Waals surface area contributed by atoms with Crippen LogP contribution in [-0.2, 0) is 0 Å². The highest BCUT2D eigenvalue weighted by Gasteiger charge is 2.35. The second-order valence-electron chi connectivity index (χ2n) is 10.2. The van der Waals surface area contributed by atoms with Crippen LogP contribution in [0.5, 0.6) is 0 Å². The number of fused-ring (bicyclic) bond motifs is 4. The lowest BCUT2D eigenvalue weighted by atomic mass is 10.0. The van der Waals surface area contributed by atoms with Crippen molar-refractivity contribution in [1.82, 2.24) is 14.8 Å². The molecule has 7 rings (SSSR count). The Balaban J connectivity index is 1.12. The Bertz CT molecular complexity index is 1700. The van der Waals surface area contributed by atoms with E-state index < -0.39 is 0 Å². The molecule has 6 nitrogen and oxygen atoms in total. The van der Waals surface area contributed by atoms with Gasteiger partial charge in [0.15, 0.2) is 0 Å². The van der Waals surface area contributed by atoms with E-state index in [0.29, 0.717) is 18.7 Å². The molecule has 0 saturated carbocycles. The van der Waals surface area contributed by atoms with Crippen LogP contribution in [0.4, 0.5) is 5.69 Å². The van der Waals surface area contributed by atoms with Crippen molar-refractivity contribution in [2.45, 2.75) is 6.04 Å². The van der Waals surface area contributed by atoms with Crippen LogP contribution in [0.3, 0.4) is 0 Å². The van der Waals surface area contributed by atoms with Crippen LogP contribution in [-0.4, -0.2) is 52.8 Å². The largest absolute Gasteiger partial charge is 0.361 e. The molecule has 4 aromatic carbocycles. The van der Waals surface area contributed by atoms with E-state index in [1.165, 1.54) is 22.3 Å². The molecule has 1 fully saturated rings. The zero-order chi connectivity index (χ0) is 26.3. The first-order valence-corrected chi connectivity index (χ1v) is 13.4. The van der Waals surface area contributed by atoms with Crippen molar-refractivity contribution in [2.75, 3.05) is 31.5 Å². The number of carbonyl (C=O) groups is 2. The summed E-state index contributed by atoms with van der Waals surface area (Å²) in [5.41, 5.74) is 8.09. The number of H-pyrrole nitrogens is 1. The second-order valence-corrected chi connectivity index (χ2v) is 10.2. The fraction of sp³-hybridized carbons (Fsp3) is 0.152. The molecule has 1 aliphatic heterocycles. The molecule has 0 radical (unpaired) electrons. The van der Waals surface area contributed by atoms with E-state index in [-0.39, 0.29) is 17.9 Å². The predicted octanol–water partition coefficient (Wildman–Crippen LogP) is 5.95. The van der Waals surface area contributed by atoms with Gasteiger partial charge in [-0.15, -0.1) is 0 Å². The Morgan fingerprint density at radius 3 is 2.33 bits per heavy atom. The number of aromatic nitrogens is 1. The normalized spacial score (nSPS) is 16.6. The molecule has 39 heavy (non-hydrogen) atoms. The van der Waals surface area contributed by atoms with E-state index in [9.17, 15) is 9.59 Å². The molecule has 1 saturated heterocycles. The zero-order valence-corrected chi connectivity index (χ0v) is 21.4. The van der Waals surface area contributed by atoms with E-state index >= 15 is 0 Å². The van der Waals surface area contributed by atoms with Crippen molar-refractivity contribution in [3.8, 4) is 11.1 Å². The van der Waals surface area contributed by atoms with Crippen molar-refractivity contribution in [2.24, 2.45) is 0 Å². The van der Waals surface area contributed by atoms with Crippen LogP contribution in [0.25, 0.3) is 22.0 Å². The lowest BCUT2D eigenvalue weighted by molar-refractivity contribution is 0.0600. The van der Waals surface area contributed by atoms with Gasteiger partial charge in [0.25, 0.3) is 11.8 Å². The van der Waals surface area contributed by atoms with Crippen LogP contribution < -0.4 is 5.32 Å². The van der Waals surface area contributed by atoms with Crippen LogP contribution >= 0.6 is 0 Å². The molecule has 0 bridgehead atoms. The molecule has 2 heterocycles. The molecule has 6 heteroatoms. The van der Waals surface area contributed by atoms with Gasteiger partial charge in [0.1, 0.15) is 0 Å². The van der Waals surface area contributed by atoms with Crippen LogP contribution in [0.15, 0.2) is 103 Å². The molecule has 1 aromatic heterocycles. The van der Waals surface area contributed by atoms with Crippen molar-refractivity contribution in [1.29, 1.82) is 0 Å². The highest BCUT2D eigenvalue weighted by Crippen LogP contribution is 2.47. The van der Waals surface area contributed by atoms with Crippen LogP contribution in [0.1, 0.15) is 37.9 Å². The Hall–Kier alpha value is -4.68. The number of hydrogen-bond donors (Lipinski definition) is 2. The monoisotopic (exact) mass is 512 g/mol. The number of benzene rings is 4. The molecule has 1 atom stereocenters. The maximum atomic E-state index is 13.3. The third-order valence-electron chi connectivity index (χ3n) is 7.95. The average molecular weight is 513 g/mol. The molecule has 2 N–H and O–H groups in total. The van der Waals surface area contributed by atoms with E-state index in [0.717, 1.165) is 35.2 Å². The molecule has 0 spiro atoms. The quantitative estimate of drug-likeness (QED) is 0.313. The number of nitrogens with one attached hydrogen (secondary N) is 2. The molecule has 1 aliphatic carbocycles. The van der Waals surface area contributed by atoms with E-state index in [1.54, 1.807) is 0 Å². The highest BCUT2D eigenvalue weighted by atomic mass is 16.2. The lowest BCUT2D eigenvalue weighted by Gasteiger charge is -2.38. The fourth-order valence-corrected chi connectivity index (χ4v) is 6.00. The molecular formula is C33H28N4O2. The van der Waals surface area contributed by atoms with Gasteiger partial charge in [-0.1, -0.05) is 48.5 Å². The smallest absolute Gasteiger partial charge is 0.255 e. The standard InChI is InChI=1S/C33H28N4O2/c38-32(22-6-2-1-3-7-22)35-25-11-12-27-26-8-4-5-9-28(26)31(29(27)21-25)36-16-18-37(19-17-36)33(39)24-10-13-30-23(20-24)14-15-34-30/h1-15,20-21,31,34H,16-19H2,(H,35,38). The summed E-state index contributed by atoms with van der Waals surface area (Å²) < 4.78 is 0. The van der Waals surface area contributed by atoms with Gasteiger partial charge in [-0.25, -0.2) is 0 Å². The van der Waals surface area contributed by atoms with Gasteiger partial charge in [-0.3, -0.25) is 14.5 Å². The first-order valence-electron chi connectivity index (χ1n) is 13.4. The number of nitrogens with zero attached hydrogens (tertiary/aromatic N) is 2. The minimum Gasteiger partial charge on any atom is -0.361 e. The van der Waals surface area contributed by atoms with E-state index in [1.807, 2.05) is 71.8 Å². The lowest BCUT2D eigenvalue weighted by Crippen LogP contribution is -2.49. The van der Waals surface area contributed by atoms with Crippen molar-refractivity contribution in [3.63, 3.8) is 0 Å². The molecule has 2 amide bonds. The van der Waals surface area contributed by atoms with Crippen molar-refractivity contribution >= 4 is 28.4 Å². The number of anilines is 1. The molecule has 192 valence electrons. The van der Waals surface area contributed by atoms with Gasteiger partial charge in [0.2, 0.25) is 0 Å². The number of amides is 2. The van der Waals surface area contributed by atoms with Crippen molar-refractivity contribution < 1.29 is 9.59 Å². The minimum absolute atomic E-state index is 0.0795. The summed E-state index contributed by atoms with van der Waals surface area (Å²) in [7, 11) is 0. The van der Waals surface area contributed by atoms with Gasteiger partial charge in [-0.05, 0) is 70.8 Å². The topological polar surface area (TPSA) is 68.4 Å². The Labute approximate surface area is 226 Å². The summed E-state index contributed by atoms with van der Waals surface area (Å²) in [6, 6.07) is 32.0.